The van der Waals surface area contributed by atoms with Crippen LogP contribution < -0.4 is 10.1 Å². The number of rotatable bonds is 5. The van der Waals surface area contributed by atoms with Gasteiger partial charge in [-0.05, 0) is 36.5 Å². The second-order valence-corrected chi connectivity index (χ2v) is 5.68. The molecule has 0 spiro atoms. The second-order valence-electron chi connectivity index (χ2n) is 5.68. The predicted molar refractivity (Wildman–Crippen MR) is 81.2 cm³/mol. The molecule has 0 unspecified atom stereocenters. The number of carbonyl (C=O) groups is 1. The van der Waals surface area contributed by atoms with Gasteiger partial charge in [-0.15, -0.1) is 0 Å². The Kier molecular flexibility index (Phi) is 4.87. The maximum atomic E-state index is 12.2. The van der Waals surface area contributed by atoms with Gasteiger partial charge in [0.15, 0.2) is 0 Å². The quantitative estimate of drug-likeness (QED) is 0.814. The van der Waals surface area contributed by atoms with Gasteiger partial charge in [0.05, 0.1) is 19.3 Å². The highest BCUT2D eigenvalue weighted by molar-refractivity contribution is 5.94. The molecular weight excluding hydrogens is 266 g/mol. The highest BCUT2D eigenvalue weighted by atomic mass is 16.5. The second kappa shape index (κ2) is 6.64. The zero-order valence-corrected chi connectivity index (χ0v) is 12.5. The van der Waals surface area contributed by atoms with Gasteiger partial charge in [-0.25, -0.2) is 0 Å². The lowest BCUT2D eigenvalue weighted by Gasteiger charge is -2.11. The third kappa shape index (κ3) is 4.24. The lowest BCUT2D eigenvalue weighted by molar-refractivity contribution is 0.0946. The van der Waals surface area contributed by atoms with E-state index in [0.717, 1.165) is 0 Å². The van der Waals surface area contributed by atoms with Gasteiger partial charge in [0.25, 0.3) is 5.91 Å². The number of hydrogen-bond acceptors (Lipinski definition) is 3. The standard InChI is InChI=1S/C17H21NO3/c1-17(8-9-17)12-18-16(20)14-6-7-15(21-2)13(11-14)5-3-4-10-19/h6-7,11,19H,4,8-10,12H2,1-2H3,(H,18,20). The third-order valence-electron chi connectivity index (χ3n) is 3.70. The minimum Gasteiger partial charge on any atom is -0.495 e. The fourth-order valence-corrected chi connectivity index (χ4v) is 1.95. The maximum absolute atomic E-state index is 12.2. The molecule has 1 saturated carbocycles. The number of carbonyl (C=O) groups excluding carboxylic acids is 1. The van der Waals surface area contributed by atoms with Crippen LogP contribution in [0.25, 0.3) is 0 Å². The number of methoxy groups -OCH3 is 1. The Labute approximate surface area is 125 Å². The van der Waals surface area contributed by atoms with Crippen molar-refractivity contribution in [2.24, 2.45) is 5.41 Å². The summed E-state index contributed by atoms with van der Waals surface area (Å²) in [5.74, 6) is 6.32. The molecule has 1 aliphatic carbocycles. The van der Waals surface area contributed by atoms with Crippen LogP contribution in [0.3, 0.4) is 0 Å². The average Bonchev–Trinajstić information content (AvgIpc) is 3.23. The van der Waals surface area contributed by atoms with Crippen molar-refractivity contribution in [3.63, 3.8) is 0 Å². The van der Waals surface area contributed by atoms with Gasteiger partial charge in [0.2, 0.25) is 0 Å². The summed E-state index contributed by atoms with van der Waals surface area (Å²) in [6.45, 7) is 2.91. The van der Waals surface area contributed by atoms with Crippen molar-refractivity contribution in [3.8, 4) is 17.6 Å². The molecule has 1 aromatic carbocycles. The normalized spacial score (nSPS) is 14.8. The van der Waals surface area contributed by atoms with E-state index in [0.29, 0.717) is 29.8 Å². The van der Waals surface area contributed by atoms with E-state index in [2.05, 4.69) is 24.1 Å². The first-order valence-corrected chi connectivity index (χ1v) is 7.14. The van der Waals surface area contributed by atoms with E-state index in [-0.39, 0.29) is 17.9 Å². The van der Waals surface area contributed by atoms with Crippen molar-refractivity contribution in [2.75, 3.05) is 20.3 Å². The summed E-state index contributed by atoms with van der Waals surface area (Å²) in [6.07, 6.45) is 2.75. The molecule has 0 radical (unpaired) electrons. The van der Waals surface area contributed by atoms with Gasteiger partial charge in [0, 0.05) is 18.5 Å². The van der Waals surface area contributed by atoms with Crippen molar-refractivity contribution in [1.82, 2.24) is 5.32 Å². The van der Waals surface area contributed by atoms with Gasteiger partial charge in [-0.2, -0.15) is 0 Å². The number of benzene rings is 1. The van der Waals surface area contributed by atoms with Crippen LogP contribution in [-0.2, 0) is 0 Å². The topological polar surface area (TPSA) is 58.6 Å². The fourth-order valence-electron chi connectivity index (χ4n) is 1.95. The molecule has 112 valence electrons. The first-order chi connectivity index (χ1) is 10.1. The first-order valence-electron chi connectivity index (χ1n) is 7.14. The minimum atomic E-state index is -0.0870. The molecule has 0 aromatic heterocycles. The van der Waals surface area contributed by atoms with Crippen LogP contribution in [0.1, 0.15) is 42.1 Å². The lowest BCUT2D eigenvalue weighted by atomic mass is 10.1. The largest absolute Gasteiger partial charge is 0.495 e. The minimum absolute atomic E-state index is 0.0219. The number of nitrogens with one attached hydrogen (secondary N) is 1. The monoisotopic (exact) mass is 287 g/mol. The van der Waals surface area contributed by atoms with Crippen LogP contribution in [0.4, 0.5) is 0 Å². The predicted octanol–water partition coefficient (Wildman–Crippen LogP) is 1.96. The zero-order valence-electron chi connectivity index (χ0n) is 12.5. The van der Waals surface area contributed by atoms with Crippen LogP contribution in [0.15, 0.2) is 18.2 Å². The SMILES string of the molecule is COc1ccc(C(=O)NCC2(C)CC2)cc1C#CCCO. The van der Waals surface area contributed by atoms with Crippen LogP contribution >= 0.6 is 0 Å². The molecule has 2 rings (SSSR count). The van der Waals surface area contributed by atoms with E-state index in [4.69, 9.17) is 9.84 Å². The van der Waals surface area contributed by atoms with E-state index in [1.165, 1.54) is 12.8 Å². The van der Waals surface area contributed by atoms with Gasteiger partial charge < -0.3 is 15.2 Å². The third-order valence-corrected chi connectivity index (χ3v) is 3.70. The number of hydrogen-bond donors (Lipinski definition) is 2. The Bertz CT molecular complexity index is 579. The molecule has 0 saturated heterocycles. The molecule has 1 fully saturated rings. The summed E-state index contributed by atoms with van der Waals surface area (Å²) in [6, 6.07) is 5.21. The summed E-state index contributed by atoms with van der Waals surface area (Å²) >= 11 is 0. The number of amides is 1. The number of ether oxygens (including phenoxy) is 1. The van der Waals surface area contributed by atoms with Crippen molar-refractivity contribution < 1.29 is 14.6 Å². The Morgan fingerprint density at radius 3 is 2.86 bits per heavy atom. The van der Waals surface area contributed by atoms with Crippen molar-refractivity contribution in [1.29, 1.82) is 0 Å². The molecule has 0 atom stereocenters. The van der Waals surface area contributed by atoms with Crippen LogP contribution in [0.5, 0.6) is 5.75 Å². The highest BCUT2D eigenvalue weighted by Crippen LogP contribution is 2.44. The smallest absolute Gasteiger partial charge is 0.251 e. The van der Waals surface area contributed by atoms with Crippen molar-refractivity contribution >= 4 is 5.91 Å². The molecular formula is C17H21NO3. The highest BCUT2D eigenvalue weighted by Gasteiger charge is 2.37. The Balaban J connectivity index is 2.10. The van der Waals surface area contributed by atoms with E-state index < -0.39 is 0 Å². The van der Waals surface area contributed by atoms with Gasteiger partial charge in [-0.1, -0.05) is 18.8 Å². The molecule has 1 aliphatic rings. The molecule has 0 aliphatic heterocycles. The Morgan fingerprint density at radius 2 is 2.24 bits per heavy atom. The number of aliphatic hydroxyl groups is 1. The van der Waals surface area contributed by atoms with Gasteiger partial charge >= 0.3 is 0 Å². The van der Waals surface area contributed by atoms with Crippen LogP contribution in [-0.4, -0.2) is 31.3 Å². The zero-order chi connectivity index (χ0) is 15.3. The molecule has 2 N–H and O–H groups in total. The summed E-state index contributed by atoms with van der Waals surface area (Å²) in [4.78, 5) is 12.2. The average molecular weight is 287 g/mol. The van der Waals surface area contributed by atoms with Gasteiger partial charge in [-0.3, -0.25) is 4.79 Å². The molecule has 1 aromatic rings. The molecule has 0 heterocycles. The Morgan fingerprint density at radius 1 is 1.48 bits per heavy atom. The summed E-state index contributed by atoms with van der Waals surface area (Å²) in [7, 11) is 1.57. The summed E-state index contributed by atoms with van der Waals surface area (Å²) < 4.78 is 5.24. The van der Waals surface area contributed by atoms with Crippen LogP contribution in [0.2, 0.25) is 0 Å². The first kappa shape index (κ1) is 15.4. The Hall–Kier alpha value is -1.99. The maximum Gasteiger partial charge on any atom is 0.251 e. The summed E-state index contributed by atoms with van der Waals surface area (Å²) in [5.41, 5.74) is 1.52. The molecule has 0 bridgehead atoms. The van der Waals surface area contributed by atoms with E-state index in [1.807, 2.05) is 0 Å². The molecule has 21 heavy (non-hydrogen) atoms. The fraction of sp³-hybridized carbons (Fsp3) is 0.471. The molecule has 1 amide bonds. The summed E-state index contributed by atoms with van der Waals surface area (Å²) in [5, 5.41) is 11.7. The lowest BCUT2D eigenvalue weighted by Crippen LogP contribution is -2.29. The van der Waals surface area contributed by atoms with Crippen molar-refractivity contribution in [2.45, 2.75) is 26.2 Å². The van der Waals surface area contributed by atoms with Crippen molar-refractivity contribution in [3.05, 3.63) is 29.3 Å². The molecule has 4 nitrogen and oxygen atoms in total. The van der Waals surface area contributed by atoms with Crippen LogP contribution in [0, 0.1) is 17.3 Å². The van der Waals surface area contributed by atoms with Gasteiger partial charge in [0.1, 0.15) is 5.75 Å². The van der Waals surface area contributed by atoms with E-state index in [9.17, 15) is 4.79 Å². The number of aliphatic hydroxyl groups excluding tert-OH is 1. The van der Waals surface area contributed by atoms with E-state index >= 15 is 0 Å². The molecule has 4 heteroatoms. The van der Waals surface area contributed by atoms with E-state index in [1.54, 1.807) is 25.3 Å².